The zero-order valence-corrected chi connectivity index (χ0v) is 14.5. The Morgan fingerprint density at radius 2 is 1.67 bits per heavy atom. The molecular weight excluding hydrogens is 356 g/mol. The molecule has 0 bridgehead atoms. The Kier molecular flexibility index (Phi) is 5.51. The van der Waals surface area contributed by atoms with E-state index in [1.807, 2.05) is 0 Å². The van der Waals surface area contributed by atoms with E-state index in [9.17, 15) is 18.4 Å². The van der Waals surface area contributed by atoms with Gasteiger partial charge in [0.25, 0.3) is 5.91 Å². The molecule has 2 aromatic carbocycles. The number of carboxylic acids is 1. The molecular formula is C20H19F2NO4. The second-order valence-electron chi connectivity index (χ2n) is 6.62. The summed E-state index contributed by atoms with van der Waals surface area (Å²) in [5, 5.41) is 11.9. The van der Waals surface area contributed by atoms with E-state index in [0.717, 1.165) is 0 Å². The Morgan fingerprint density at radius 3 is 2.26 bits per heavy atom. The highest BCUT2D eigenvalue weighted by molar-refractivity contribution is 5.95. The summed E-state index contributed by atoms with van der Waals surface area (Å²) >= 11 is 0. The first-order chi connectivity index (χ1) is 12.9. The van der Waals surface area contributed by atoms with Crippen molar-refractivity contribution in [2.75, 3.05) is 13.2 Å². The molecule has 2 aromatic rings. The second kappa shape index (κ2) is 7.84. The molecule has 0 atom stereocenters. The van der Waals surface area contributed by atoms with Gasteiger partial charge in [-0.3, -0.25) is 9.59 Å². The fourth-order valence-corrected chi connectivity index (χ4v) is 3.23. The number of benzene rings is 2. The van der Waals surface area contributed by atoms with Crippen molar-refractivity contribution in [3.63, 3.8) is 0 Å². The van der Waals surface area contributed by atoms with Crippen LogP contribution in [-0.4, -0.2) is 35.7 Å². The lowest BCUT2D eigenvalue weighted by Gasteiger charge is -2.36. The lowest BCUT2D eigenvalue weighted by atomic mass is 9.86. The first kappa shape index (κ1) is 19.0. The third-order valence-electron chi connectivity index (χ3n) is 4.71. The van der Waals surface area contributed by atoms with Gasteiger partial charge in [-0.15, -0.1) is 0 Å². The molecule has 7 heteroatoms. The minimum atomic E-state index is -1.04. The summed E-state index contributed by atoms with van der Waals surface area (Å²) in [6, 6.07) is 9.71. The van der Waals surface area contributed by atoms with Crippen LogP contribution in [-0.2, 0) is 9.53 Å². The number of carbonyl (C=O) groups excluding carboxylic acids is 1. The van der Waals surface area contributed by atoms with Crippen LogP contribution in [0.15, 0.2) is 42.5 Å². The number of nitrogens with one attached hydrogen (secondary N) is 1. The van der Waals surface area contributed by atoms with E-state index in [2.05, 4.69) is 5.32 Å². The molecule has 0 spiro atoms. The summed E-state index contributed by atoms with van der Waals surface area (Å²) < 4.78 is 32.8. The number of carboxylic acid groups (broad SMARTS) is 1. The molecule has 0 radical (unpaired) electrons. The van der Waals surface area contributed by atoms with Crippen LogP contribution in [0.5, 0.6) is 0 Å². The van der Waals surface area contributed by atoms with Crippen molar-refractivity contribution < 1.29 is 28.2 Å². The van der Waals surface area contributed by atoms with Crippen LogP contribution in [0.1, 0.15) is 29.6 Å². The molecule has 0 unspecified atom stereocenters. The van der Waals surface area contributed by atoms with Crippen LogP contribution < -0.4 is 5.32 Å². The Labute approximate surface area is 155 Å². The third-order valence-corrected chi connectivity index (χ3v) is 4.71. The van der Waals surface area contributed by atoms with Crippen molar-refractivity contribution in [1.82, 2.24) is 5.32 Å². The SMILES string of the molecule is O=C(O)CC1(NC(=O)c2ccc(-c3ccc(F)cc3)cc2F)CCOCC1. The summed E-state index contributed by atoms with van der Waals surface area (Å²) in [7, 11) is 0. The van der Waals surface area contributed by atoms with E-state index >= 15 is 0 Å². The molecule has 27 heavy (non-hydrogen) atoms. The van der Waals surface area contributed by atoms with E-state index in [0.29, 0.717) is 37.2 Å². The average molecular weight is 375 g/mol. The summed E-state index contributed by atoms with van der Waals surface area (Å²) in [4.78, 5) is 23.8. The second-order valence-corrected chi connectivity index (χ2v) is 6.62. The predicted octanol–water partition coefficient (Wildman–Crippen LogP) is 3.39. The highest BCUT2D eigenvalue weighted by Gasteiger charge is 2.37. The van der Waals surface area contributed by atoms with E-state index < -0.39 is 29.0 Å². The Hall–Kier alpha value is -2.80. The van der Waals surface area contributed by atoms with E-state index in [1.165, 1.54) is 36.4 Å². The summed E-state index contributed by atoms with van der Waals surface area (Å²) in [6.45, 7) is 0.666. The number of ether oxygens (including phenoxy) is 1. The van der Waals surface area contributed by atoms with Gasteiger partial charge in [0.15, 0.2) is 0 Å². The normalized spacial score (nSPS) is 15.9. The van der Waals surface area contributed by atoms with Gasteiger partial charge in [-0.1, -0.05) is 18.2 Å². The molecule has 1 aliphatic heterocycles. The molecule has 2 N–H and O–H groups in total. The van der Waals surface area contributed by atoms with Crippen molar-refractivity contribution in [2.24, 2.45) is 0 Å². The lowest BCUT2D eigenvalue weighted by molar-refractivity contribution is -0.139. The molecule has 5 nitrogen and oxygen atoms in total. The van der Waals surface area contributed by atoms with Crippen LogP contribution in [0, 0.1) is 11.6 Å². The predicted molar refractivity (Wildman–Crippen MR) is 94.3 cm³/mol. The monoisotopic (exact) mass is 375 g/mol. The van der Waals surface area contributed by atoms with E-state index in [1.54, 1.807) is 6.07 Å². The van der Waals surface area contributed by atoms with Gasteiger partial charge in [0, 0.05) is 13.2 Å². The highest BCUT2D eigenvalue weighted by Crippen LogP contribution is 2.27. The van der Waals surface area contributed by atoms with Crippen molar-refractivity contribution >= 4 is 11.9 Å². The van der Waals surface area contributed by atoms with Gasteiger partial charge in [-0.05, 0) is 48.2 Å². The average Bonchev–Trinajstić information content (AvgIpc) is 2.62. The van der Waals surface area contributed by atoms with Crippen LogP contribution in [0.3, 0.4) is 0 Å². The molecule has 3 rings (SSSR count). The highest BCUT2D eigenvalue weighted by atomic mass is 19.1. The molecule has 1 amide bonds. The van der Waals surface area contributed by atoms with Crippen LogP contribution in [0.25, 0.3) is 11.1 Å². The Morgan fingerprint density at radius 1 is 1.04 bits per heavy atom. The van der Waals surface area contributed by atoms with Gasteiger partial charge in [-0.25, -0.2) is 8.78 Å². The van der Waals surface area contributed by atoms with E-state index in [4.69, 9.17) is 9.84 Å². The first-order valence-corrected chi connectivity index (χ1v) is 8.56. The lowest BCUT2D eigenvalue weighted by Crippen LogP contribution is -2.53. The molecule has 1 heterocycles. The molecule has 0 aliphatic carbocycles. The topological polar surface area (TPSA) is 75.6 Å². The maximum atomic E-state index is 14.5. The third kappa shape index (κ3) is 4.49. The molecule has 0 aromatic heterocycles. The van der Waals surface area contributed by atoms with Gasteiger partial charge in [-0.2, -0.15) is 0 Å². The Balaban J connectivity index is 1.81. The first-order valence-electron chi connectivity index (χ1n) is 8.56. The maximum absolute atomic E-state index is 14.5. The van der Waals surface area contributed by atoms with Crippen molar-refractivity contribution in [3.8, 4) is 11.1 Å². The van der Waals surface area contributed by atoms with E-state index in [-0.39, 0.29) is 12.0 Å². The number of halogens is 2. The Bertz CT molecular complexity index is 846. The molecule has 1 aliphatic rings. The zero-order chi connectivity index (χ0) is 19.4. The largest absolute Gasteiger partial charge is 0.481 e. The fraction of sp³-hybridized carbons (Fsp3) is 0.300. The van der Waals surface area contributed by atoms with Gasteiger partial charge in [0.05, 0.1) is 17.5 Å². The van der Waals surface area contributed by atoms with Gasteiger partial charge in [0.1, 0.15) is 11.6 Å². The summed E-state index contributed by atoms with van der Waals surface area (Å²) in [5.74, 6) is -2.83. The summed E-state index contributed by atoms with van der Waals surface area (Å²) in [6.07, 6.45) is 0.442. The van der Waals surface area contributed by atoms with Crippen LogP contribution in [0.2, 0.25) is 0 Å². The van der Waals surface area contributed by atoms with Crippen LogP contribution >= 0.6 is 0 Å². The van der Waals surface area contributed by atoms with Crippen molar-refractivity contribution in [3.05, 3.63) is 59.7 Å². The number of rotatable bonds is 5. The van der Waals surface area contributed by atoms with Gasteiger partial charge < -0.3 is 15.2 Å². The smallest absolute Gasteiger partial charge is 0.305 e. The molecule has 0 saturated carbocycles. The van der Waals surface area contributed by atoms with Crippen molar-refractivity contribution in [1.29, 1.82) is 0 Å². The van der Waals surface area contributed by atoms with Crippen molar-refractivity contribution in [2.45, 2.75) is 24.8 Å². The number of aliphatic carboxylic acids is 1. The molecule has 1 saturated heterocycles. The number of hydrogen-bond donors (Lipinski definition) is 2. The van der Waals surface area contributed by atoms with Gasteiger partial charge >= 0.3 is 5.97 Å². The number of amides is 1. The fourth-order valence-electron chi connectivity index (χ4n) is 3.23. The minimum Gasteiger partial charge on any atom is -0.481 e. The minimum absolute atomic E-state index is 0.169. The van der Waals surface area contributed by atoms with Crippen LogP contribution in [0.4, 0.5) is 8.78 Å². The zero-order valence-electron chi connectivity index (χ0n) is 14.5. The number of hydrogen-bond acceptors (Lipinski definition) is 3. The summed E-state index contributed by atoms with van der Waals surface area (Å²) in [5.41, 5.74) is 0.00461. The quantitative estimate of drug-likeness (QED) is 0.840. The molecule has 142 valence electrons. The number of carbonyl (C=O) groups is 2. The standard InChI is InChI=1S/C20H19F2NO4/c21-15-4-1-13(2-5-15)14-3-6-16(17(22)11-14)19(26)23-20(12-18(24)25)7-9-27-10-8-20/h1-6,11H,7-10,12H2,(H,23,26)(H,24,25). The maximum Gasteiger partial charge on any atom is 0.305 e. The van der Waals surface area contributed by atoms with Gasteiger partial charge in [0.2, 0.25) is 0 Å². The molecule has 1 fully saturated rings.